The maximum absolute atomic E-state index is 10.3. The van der Waals surface area contributed by atoms with E-state index < -0.39 is 0 Å². The Bertz CT molecular complexity index is 358. The molecule has 2 rings (SSSR count). The van der Waals surface area contributed by atoms with Gasteiger partial charge in [0.05, 0.1) is 6.10 Å². The minimum absolute atomic E-state index is 0.363. The Morgan fingerprint density at radius 2 is 1.89 bits per heavy atom. The van der Waals surface area contributed by atoms with Gasteiger partial charge in [-0.05, 0) is 24.0 Å². The summed E-state index contributed by atoms with van der Waals surface area (Å²) in [6.07, 6.45) is 3.25. The average Bonchev–Trinajstić information content (AvgIpc) is 2.46. The van der Waals surface area contributed by atoms with Crippen LogP contribution in [0.3, 0.4) is 0 Å². The summed E-state index contributed by atoms with van der Waals surface area (Å²) in [4.78, 5) is 2.33. The van der Waals surface area contributed by atoms with Gasteiger partial charge in [0, 0.05) is 32.7 Å². The molecule has 0 bridgehead atoms. The van der Waals surface area contributed by atoms with Gasteiger partial charge in [0.2, 0.25) is 0 Å². The van der Waals surface area contributed by atoms with Crippen molar-refractivity contribution in [3.8, 4) is 0 Å². The number of piperazine rings is 1. The van der Waals surface area contributed by atoms with Crippen LogP contribution in [-0.4, -0.2) is 42.7 Å². The van der Waals surface area contributed by atoms with E-state index in [1.54, 1.807) is 0 Å². The van der Waals surface area contributed by atoms with Crippen molar-refractivity contribution in [3.05, 3.63) is 35.4 Å². The number of aliphatic hydroxyl groups is 1. The summed E-state index contributed by atoms with van der Waals surface area (Å²) in [5.74, 6) is 0. The Morgan fingerprint density at radius 3 is 2.53 bits per heavy atom. The van der Waals surface area contributed by atoms with Crippen LogP contribution in [0.15, 0.2) is 24.3 Å². The molecular weight excluding hydrogens is 236 g/mol. The van der Waals surface area contributed by atoms with Gasteiger partial charge < -0.3 is 10.4 Å². The van der Waals surface area contributed by atoms with E-state index in [9.17, 15) is 5.11 Å². The first-order chi connectivity index (χ1) is 9.29. The van der Waals surface area contributed by atoms with E-state index in [1.807, 2.05) is 0 Å². The summed E-state index contributed by atoms with van der Waals surface area (Å²) in [6, 6.07) is 8.48. The van der Waals surface area contributed by atoms with Crippen molar-refractivity contribution in [1.29, 1.82) is 0 Å². The van der Waals surface area contributed by atoms with Crippen LogP contribution < -0.4 is 5.32 Å². The van der Waals surface area contributed by atoms with Gasteiger partial charge >= 0.3 is 0 Å². The summed E-state index contributed by atoms with van der Waals surface area (Å²) in [7, 11) is 0. The fourth-order valence-electron chi connectivity index (χ4n) is 2.53. The van der Waals surface area contributed by atoms with E-state index >= 15 is 0 Å². The lowest BCUT2D eigenvalue weighted by molar-refractivity contribution is 0.105. The minimum Gasteiger partial charge on any atom is -0.387 e. The normalized spacial score (nSPS) is 18.4. The third-order valence-electron chi connectivity index (χ3n) is 3.82. The van der Waals surface area contributed by atoms with Crippen molar-refractivity contribution >= 4 is 0 Å². The second-order valence-electron chi connectivity index (χ2n) is 5.41. The first kappa shape index (κ1) is 14.5. The molecule has 1 fully saturated rings. The van der Waals surface area contributed by atoms with E-state index in [1.165, 1.54) is 18.4 Å². The molecule has 0 amide bonds. The number of unbranched alkanes of at least 4 members (excludes halogenated alkanes) is 1. The van der Waals surface area contributed by atoms with Crippen LogP contribution in [0.1, 0.15) is 37.0 Å². The molecule has 1 aromatic rings. The fraction of sp³-hybridized carbons (Fsp3) is 0.625. The van der Waals surface area contributed by atoms with Crippen LogP contribution >= 0.6 is 0 Å². The molecule has 1 aliphatic heterocycles. The number of nitrogens with one attached hydrogen (secondary N) is 1. The SMILES string of the molecule is CCCCc1ccc(C(O)CN2CCNCC2)cc1. The molecule has 19 heavy (non-hydrogen) atoms. The van der Waals surface area contributed by atoms with Gasteiger partial charge in [-0.1, -0.05) is 37.6 Å². The van der Waals surface area contributed by atoms with Gasteiger partial charge in [0.25, 0.3) is 0 Å². The van der Waals surface area contributed by atoms with Crippen molar-refractivity contribution in [2.75, 3.05) is 32.7 Å². The van der Waals surface area contributed by atoms with E-state index in [4.69, 9.17) is 0 Å². The average molecular weight is 262 g/mol. The number of aliphatic hydroxyl groups excluding tert-OH is 1. The number of hydrogen-bond donors (Lipinski definition) is 2. The van der Waals surface area contributed by atoms with Gasteiger partial charge in [-0.2, -0.15) is 0 Å². The van der Waals surface area contributed by atoms with E-state index in [0.717, 1.165) is 44.7 Å². The van der Waals surface area contributed by atoms with Crippen LogP contribution in [0.5, 0.6) is 0 Å². The summed E-state index contributed by atoms with van der Waals surface area (Å²) >= 11 is 0. The molecule has 0 aliphatic carbocycles. The highest BCUT2D eigenvalue weighted by Crippen LogP contribution is 2.16. The highest BCUT2D eigenvalue weighted by atomic mass is 16.3. The Kier molecular flexibility index (Phi) is 5.83. The van der Waals surface area contributed by atoms with Gasteiger partial charge in [0.15, 0.2) is 0 Å². The van der Waals surface area contributed by atoms with Crippen molar-refractivity contribution in [3.63, 3.8) is 0 Å². The maximum atomic E-state index is 10.3. The van der Waals surface area contributed by atoms with Crippen LogP contribution in [0.4, 0.5) is 0 Å². The van der Waals surface area contributed by atoms with Crippen molar-refractivity contribution in [2.24, 2.45) is 0 Å². The smallest absolute Gasteiger partial charge is 0.0916 e. The Labute approximate surface area is 116 Å². The third kappa shape index (κ3) is 4.60. The first-order valence-electron chi connectivity index (χ1n) is 7.49. The summed E-state index contributed by atoms with van der Waals surface area (Å²) in [6.45, 7) is 7.09. The third-order valence-corrected chi connectivity index (χ3v) is 3.82. The molecule has 1 aromatic carbocycles. The predicted octanol–water partition coefficient (Wildman–Crippen LogP) is 1.97. The van der Waals surface area contributed by atoms with Crippen LogP contribution in [0.2, 0.25) is 0 Å². The Hall–Kier alpha value is -0.900. The van der Waals surface area contributed by atoms with Crippen LogP contribution in [0, 0.1) is 0 Å². The second kappa shape index (κ2) is 7.63. The number of β-amino-alcohol motifs (C(OH)–C–C–N with tert-alkyl or cyclic N) is 1. The molecule has 1 aliphatic rings. The monoisotopic (exact) mass is 262 g/mol. The Morgan fingerprint density at radius 1 is 1.21 bits per heavy atom. The fourth-order valence-corrected chi connectivity index (χ4v) is 2.53. The number of benzene rings is 1. The van der Waals surface area contributed by atoms with Crippen molar-refractivity contribution < 1.29 is 5.11 Å². The molecule has 3 heteroatoms. The number of aryl methyl sites for hydroxylation is 1. The lowest BCUT2D eigenvalue weighted by Gasteiger charge is -2.29. The molecule has 1 saturated heterocycles. The highest BCUT2D eigenvalue weighted by molar-refractivity contribution is 5.24. The zero-order chi connectivity index (χ0) is 13.5. The number of rotatable bonds is 6. The lowest BCUT2D eigenvalue weighted by atomic mass is 10.0. The highest BCUT2D eigenvalue weighted by Gasteiger charge is 2.15. The van der Waals surface area contributed by atoms with Gasteiger partial charge in [-0.3, -0.25) is 4.90 Å². The van der Waals surface area contributed by atoms with Gasteiger partial charge in [-0.15, -0.1) is 0 Å². The molecule has 0 aromatic heterocycles. The van der Waals surface area contributed by atoms with Crippen LogP contribution in [0.25, 0.3) is 0 Å². The minimum atomic E-state index is -0.363. The molecule has 0 spiro atoms. The van der Waals surface area contributed by atoms with E-state index in [2.05, 4.69) is 41.4 Å². The molecule has 0 saturated carbocycles. The Balaban J connectivity index is 1.85. The zero-order valence-electron chi connectivity index (χ0n) is 11.9. The second-order valence-corrected chi connectivity index (χ2v) is 5.41. The predicted molar refractivity (Wildman–Crippen MR) is 79.3 cm³/mol. The summed E-state index contributed by atoms with van der Waals surface area (Å²) < 4.78 is 0. The number of hydrogen-bond acceptors (Lipinski definition) is 3. The first-order valence-corrected chi connectivity index (χ1v) is 7.49. The number of nitrogens with zero attached hydrogens (tertiary/aromatic N) is 1. The van der Waals surface area contributed by atoms with E-state index in [-0.39, 0.29) is 6.10 Å². The molecule has 0 radical (unpaired) electrons. The van der Waals surface area contributed by atoms with Crippen molar-refractivity contribution in [1.82, 2.24) is 10.2 Å². The molecule has 1 heterocycles. The van der Waals surface area contributed by atoms with Gasteiger partial charge in [-0.25, -0.2) is 0 Å². The topological polar surface area (TPSA) is 35.5 Å². The lowest BCUT2D eigenvalue weighted by Crippen LogP contribution is -2.44. The standard InChI is InChI=1S/C16H26N2O/c1-2-3-4-14-5-7-15(8-6-14)16(19)13-18-11-9-17-10-12-18/h5-8,16-17,19H,2-4,9-13H2,1H3. The molecular formula is C16H26N2O. The summed E-state index contributed by atoms with van der Waals surface area (Å²) in [5, 5.41) is 13.6. The molecule has 1 atom stereocenters. The molecule has 3 nitrogen and oxygen atoms in total. The summed E-state index contributed by atoms with van der Waals surface area (Å²) in [5.41, 5.74) is 2.42. The molecule has 106 valence electrons. The molecule has 2 N–H and O–H groups in total. The molecule has 1 unspecified atom stereocenters. The maximum Gasteiger partial charge on any atom is 0.0916 e. The largest absolute Gasteiger partial charge is 0.387 e. The van der Waals surface area contributed by atoms with Gasteiger partial charge in [0.1, 0.15) is 0 Å². The quantitative estimate of drug-likeness (QED) is 0.823. The van der Waals surface area contributed by atoms with Crippen LogP contribution in [-0.2, 0) is 6.42 Å². The van der Waals surface area contributed by atoms with E-state index in [0.29, 0.717) is 0 Å². The van der Waals surface area contributed by atoms with Crippen molar-refractivity contribution in [2.45, 2.75) is 32.3 Å². The zero-order valence-corrected chi connectivity index (χ0v) is 11.9.